The van der Waals surface area contributed by atoms with E-state index in [0.29, 0.717) is 5.56 Å². The summed E-state index contributed by atoms with van der Waals surface area (Å²) in [6.07, 6.45) is 3.07. The minimum atomic E-state index is -3.94. The molecule has 0 aliphatic carbocycles. The lowest BCUT2D eigenvalue weighted by molar-refractivity contribution is 0.248. The molecule has 1 atom stereocenters. The normalized spacial score (nSPS) is 17.4. The number of fused-ring (bicyclic) bond motifs is 1. The first-order chi connectivity index (χ1) is 11.9. The highest BCUT2D eigenvalue weighted by Crippen LogP contribution is 2.63. The summed E-state index contributed by atoms with van der Waals surface area (Å²) in [6, 6.07) is 15.1. The zero-order chi connectivity index (χ0) is 18.1. The van der Waals surface area contributed by atoms with Crippen LogP contribution in [0.5, 0.6) is 0 Å². The fraction of sp³-hybridized carbons (Fsp3) is 0.176. The minimum Gasteiger partial charge on any atom is -0.310 e. The van der Waals surface area contributed by atoms with Crippen LogP contribution in [0.3, 0.4) is 0 Å². The maximum Gasteiger partial charge on any atom is 0.358 e. The molecule has 0 amide bonds. The van der Waals surface area contributed by atoms with Gasteiger partial charge >= 0.3 is 7.60 Å². The molecule has 2 aromatic rings. The molecular formula is C17H18NO5PS. The summed E-state index contributed by atoms with van der Waals surface area (Å²) in [5.41, 5.74) is 1.33. The third-order valence-corrected chi connectivity index (χ3v) is 8.10. The van der Waals surface area contributed by atoms with Gasteiger partial charge in [-0.1, -0.05) is 42.5 Å². The maximum atomic E-state index is 13.2. The molecule has 1 unspecified atom stereocenters. The molecule has 1 aliphatic heterocycles. The second-order valence-electron chi connectivity index (χ2n) is 5.37. The van der Waals surface area contributed by atoms with Gasteiger partial charge in [-0.05, 0) is 29.3 Å². The van der Waals surface area contributed by atoms with Gasteiger partial charge in [0.1, 0.15) is 0 Å². The number of hydrogen-bond donors (Lipinski definition) is 0. The lowest BCUT2D eigenvalue weighted by Crippen LogP contribution is -2.33. The Kier molecular flexibility index (Phi) is 4.84. The zero-order valence-corrected chi connectivity index (χ0v) is 15.5. The lowest BCUT2D eigenvalue weighted by atomic mass is 10.1. The molecule has 0 fully saturated rings. The maximum absolute atomic E-state index is 13.2. The highest BCUT2D eigenvalue weighted by molar-refractivity contribution is 7.89. The first kappa shape index (κ1) is 17.9. The predicted molar refractivity (Wildman–Crippen MR) is 95.3 cm³/mol. The first-order valence-electron chi connectivity index (χ1n) is 7.51. The van der Waals surface area contributed by atoms with Gasteiger partial charge < -0.3 is 9.05 Å². The zero-order valence-electron chi connectivity index (χ0n) is 13.8. The second-order valence-corrected chi connectivity index (χ2v) is 9.51. The molecule has 1 aliphatic rings. The molecule has 0 aromatic heterocycles. The van der Waals surface area contributed by atoms with Gasteiger partial charge in [-0.25, -0.2) is 8.42 Å². The molecule has 2 aromatic carbocycles. The summed E-state index contributed by atoms with van der Waals surface area (Å²) in [5.74, 6) is -1.10. The topological polar surface area (TPSA) is 72.9 Å². The molecule has 0 saturated carbocycles. The molecule has 132 valence electrons. The van der Waals surface area contributed by atoms with E-state index in [1.165, 1.54) is 32.6 Å². The van der Waals surface area contributed by atoms with E-state index in [1.54, 1.807) is 36.4 Å². The minimum absolute atomic E-state index is 0.0998. The number of rotatable bonds is 5. The fourth-order valence-electron chi connectivity index (χ4n) is 2.78. The van der Waals surface area contributed by atoms with Crippen LogP contribution in [0.15, 0.2) is 65.7 Å². The van der Waals surface area contributed by atoms with Crippen molar-refractivity contribution in [1.82, 2.24) is 4.31 Å². The number of benzene rings is 2. The van der Waals surface area contributed by atoms with E-state index in [9.17, 15) is 13.0 Å². The van der Waals surface area contributed by atoms with Gasteiger partial charge in [0, 0.05) is 20.4 Å². The number of hydrogen-bond acceptors (Lipinski definition) is 5. The van der Waals surface area contributed by atoms with Crippen molar-refractivity contribution in [2.45, 2.75) is 10.7 Å². The van der Waals surface area contributed by atoms with Gasteiger partial charge in [-0.15, -0.1) is 0 Å². The Hall–Kier alpha value is -1.92. The van der Waals surface area contributed by atoms with E-state index in [1.807, 2.05) is 12.1 Å². The molecule has 25 heavy (non-hydrogen) atoms. The van der Waals surface area contributed by atoms with Crippen LogP contribution in [0.25, 0.3) is 6.08 Å². The van der Waals surface area contributed by atoms with Crippen molar-refractivity contribution >= 4 is 23.7 Å². The SMILES string of the molecule is COP(=O)(OC)C1c2ccccc2C=CN1S(=O)(=O)c1ccccc1. The van der Waals surface area contributed by atoms with E-state index >= 15 is 0 Å². The summed E-state index contributed by atoms with van der Waals surface area (Å²) in [6.45, 7) is 0. The molecule has 0 bridgehead atoms. The van der Waals surface area contributed by atoms with Gasteiger partial charge in [0.05, 0.1) is 4.90 Å². The van der Waals surface area contributed by atoms with Crippen molar-refractivity contribution < 1.29 is 22.0 Å². The standard InChI is InChI=1S/C17H18NO5PS/c1-22-24(19,23-2)17-16-11-7-6-8-14(16)12-13-18(17)25(20,21)15-9-4-3-5-10-15/h3-13,17H,1-2H3. The van der Waals surface area contributed by atoms with Crippen LogP contribution in [-0.2, 0) is 23.6 Å². The van der Waals surface area contributed by atoms with Crippen molar-refractivity contribution in [3.63, 3.8) is 0 Å². The molecule has 0 spiro atoms. The van der Waals surface area contributed by atoms with E-state index in [0.717, 1.165) is 9.87 Å². The molecule has 1 heterocycles. The molecule has 6 nitrogen and oxygen atoms in total. The highest BCUT2D eigenvalue weighted by atomic mass is 32.2. The first-order valence-corrected chi connectivity index (χ1v) is 10.6. The van der Waals surface area contributed by atoms with Gasteiger partial charge in [0.2, 0.25) is 0 Å². The van der Waals surface area contributed by atoms with Crippen LogP contribution in [0.1, 0.15) is 16.9 Å². The summed E-state index contributed by atoms with van der Waals surface area (Å²) in [5, 5.41) is 0. The second kappa shape index (κ2) is 6.77. The molecule has 3 rings (SSSR count). The molecule has 0 saturated heterocycles. The highest BCUT2D eigenvalue weighted by Gasteiger charge is 2.46. The summed E-state index contributed by atoms with van der Waals surface area (Å²) < 4.78 is 50.8. The Labute approximate surface area is 147 Å². The predicted octanol–water partition coefficient (Wildman–Crippen LogP) is 3.85. The summed E-state index contributed by atoms with van der Waals surface area (Å²) in [7, 11) is -5.21. The van der Waals surface area contributed by atoms with Crippen LogP contribution < -0.4 is 0 Å². The smallest absolute Gasteiger partial charge is 0.310 e. The number of sulfonamides is 1. The molecule has 0 N–H and O–H groups in total. The molecule has 8 heteroatoms. The Balaban J connectivity index is 2.21. The average molecular weight is 379 g/mol. The number of nitrogens with zero attached hydrogens (tertiary/aromatic N) is 1. The van der Waals surface area contributed by atoms with Crippen LogP contribution in [0.2, 0.25) is 0 Å². The third-order valence-electron chi connectivity index (χ3n) is 4.04. The van der Waals surface area contributed by atoms with E-state index in [4.69, 9.17) is 9.05 Å². The fourth-order valence-corrected chi connectivity index (χ4v) is 6.32. The lowest BCUT2D eigenvalue weighted by Gasteiger charge is -2.36. The van der Waals surface area contributed by atoms with Gasteiger partial charge in [-0.2, -0.15) is 0 Å². The van der Waals surface area contributed by atoms with Crippen LogP contribution >= 0.6 is 7.60 Å². The molecule has 0 radical (unpaired) electrons. The van der Waals surface area contributed by atoms with Crippen molar-refractivity contribution in [2.24, 2.45) is 0 Å². The van der Waals surface area contributed by atoms with Crippen molar-refractivity contribution in [1.29, 1.82) is 0 Å². The third kappa shape index (κ3) is 3.04. The van der Waals surface area contributed by atoms with Gasteiger partial charge in [0.25, 0.3) is 10.0 Å². The summed E-state index contributed by atoms with van der Waals surface area (Å²) >= 11 is 0. The average Bonchev–Trinajstić information content (AvgIpc) is 2.67. The quantitative estimate of drug-likeness (QED) is 0.738. The Morgan fingerprint density at radius 1 is 0.960 bits per heavy atom. The van der Waals surface area contributed by atoms with Gasteiger partial charge in [-0.3, -0.25) is 8.87 Å². The Morgan fingerprint density at radius 3 is 2.20 bits per heavy atom. The van der Waals surface area contributed by atoms with Crippen LogP contribution in [0.4, 0.5) is 0 Å². The Bertz CT molecular complexity index is 935. The monoisotopic (exact) mass is 379 g/mol. The van der Waals surface area contributed by atoms with E-state index < -0.39 is 23.4 Å². The van der Waals surface area contributed by atoms with Gasteiger partial charge in [0.15, 0.2) is 5.78 Å². The largest absolute Gasteiger partial charge is 0.358 e. The van der Waals surface area contributed by atoms with Crippen LogP contribution in [-0.4, -0.2) is 26.9 Å². The van der Waals surface area contributed by atoms with Crippen molar-refractivity contribution in [3.05, 3.63) is 71.9 Å². The molecular weight excluding hydrogens is 361 g/mol. The Morgan fingerprint density at radius 2 is 1.56 bits per heavy atom. The van der Waals surface area contributed by atoms with E-state index in [2.05, 4.69) is 0 Å². The van der Waals surface area contributed by atoms with Crippen molar-refractivity contribution in [2.75, 3.05) is 14.2 Å². The van der Waals surface area contributed by atoms with Crippen molar-refractivity contribution in [3.8, 4) is 0 Å². The summed E-state index contributed by atoms with van der Waals surface area (Å²) in [4.78, 5) is 0.0998. The van der Waals surface area contributed by atoms with E-state index in [-0.39, 0.29) is 4.90 Å². The van der Waals surface area contributed by atoms with Crippen LogP contribution in [0, 0.1) is 0 Å².